The molecule has 1 amide bonds. The quantitative estimate of drug-likeness (QED) is 0.711. The number of rotatable bonds is 2. The van der Waals surface area contributed by atoms with E-state index in [4.69, 9.17) is 0 Å². The Morgan fingerprint density at radius 1 is 1.53 bits per heavy atom. The van der Waals surface area contributed by atoms with Crippen LogP contribution in [0.4, 0.5) is 0 Å². The molecule has 2 fully saturated rings. The second-order valence-electron chi connectivity index (χ2n) is 4.57. The molecule has 0 aromatic carbocycles. The van der Waals surface area contributed by atoms with Crippen molar-refractivity contribution >= 4 is 5.91 Å². The zero-order valence-electron chi connectivity index (χ0n) is 9.70. The smallest absolute Gasteiger partial charge is 0.237 e. The highest BCUT2D eigenvalue weighted by atomic mass is 16.2. The maximum atomic E-state index is 11.9. The van der Waals surface area contributed by atoms with Gasteiger partial charge in [-0.15, -0.1) is 0 Å². The van der Waals surface area contributed by atoms with E-state index >= 15 is 0 Å². The molecule has 2 aliphatic rings. The monoisotopic (exact) mass is 211 g/mol. The minimum Gasteiger partial charge on any atom is -0.338 e. The van der Waals surface area contributed by atoms with E-state index in [1.165, 1.54) is 12.8 Å². The Labute approximate surface area is 91.6 Å². The molecule has 2 rings (SSSR count). The highest BCUT2D eigenvalue weighted by Gasteiger charge is 2.33. The summed E-state index contributed by atoms with van der Waals surface area (Å²) in [4.78, 5) is 16.1. The Kier molecular flexibility index (Phi) is 3.26. The second-order valence-corrected chi connectivity index (χ2v) is 4.57. The molecule has 0 spiro atoms. The largest absolute Gasteiger partial charge is 0.338 e. The van der Waals surface area contributed by atoms with Gasteiger partial charge in [-0.2, -0.15) is 0 Å². The van der Waals surface area contributed by atoms with Crippen molar-refractivity contribution in [2.24, 2.45) is 0 Å². The van der Waals surface area contributed by atoms with Gasteiger partial charge in [0.05, 0.1) is 12.7 Å². The first kappa shape index (κ1) is 10.9. The van der Waals surface area contributed by atoms with Gasteiger partial charge in [0.25, 0.3) is 0 Å². The summed E-state index contributed by atoms with van der Waals surface area (Å²) in [6.45, 7) is 7.74. The zero-order chi connectivity index (χ0) is 10.8. The van der Waals surface area contributed by atoms with Crippen LogP contribution in [0.1, 0.15) is 26.7 Å². The highest BCUT2D eigenvalue weighted by Crippen LogP contribution is 2.17. The molecule has 4 nitrogen and oxygen atoms in total. The molecule has 0 aromatic rings. The summed E-state index contributed by atoms with van der Waals surface area (Å²) >= 11 is 0. The van der Waals surface area contributed by atoms with Gasteiger partial charge in [-0.05, 0) is 33.2 Å². The standard InChI is InChI=1S/C11H21N3O/c1-3-14-9(2)7-13(8-11(14)15)10-5-4-6-12-10/h9-10,12H,3-8H2,1-2H3. The molecule has 0 radical (unpaired) electrons. The lowest BCUT2D eigenvalue weighted by Crippen LogP contribution is -2.59. The van der Waals surface area contributed by atoms with Gasteiger partial charge in [0.1, 0.15) is 0 Å². The molecule has 4 heteroatoms. The molecule has 1 N–H and O–H groups in total. The molecule has 2 saturated heterocycles. The number of hydrogen-bond donors (Lipinski definition) is 1. The first-order chi connectivity index (χ1) is 7.22. The van der Waals surface area contributed by atoms with E-state index in [0.717, 1.165) is 19.6 Å². The maximum absolute atomic E-state index is 11.9. The Morgan fingerprint density at radius 3 is 2.87 bits per heavy atom. The van der Waals surface area contributed by atoms with Gasteiger partial charge in [-0.25, -0.2) is 0 Å². The Morgan fingerprint density at radius 2 is 2.33 bits per heavy atom. The van der Waals surface area contributed by atoms with Crippen LogP contribution in [-0.2, 0) is 4.79 Å². The fourth-order valence-corrected chi connectivity index (χ4v) is 2.72. The lowest BCUT2D eigenvalue weighted by Gasteiger charge is -2.41. The third-order valence-electron chi connectivity index (χ3n) is 3.51. The summed E-state index contributed by atoms with van der Waals surface area (Å²) in [7, 11) is 0. The number of carbonyl (C=O) groups excluding carboxylic acids is 1. The number of amides is 1. The Balaban J connectivity index is 1.97. The predicted molar refractivity (Wildman–Crippen MR) is 59.4 cm³/mol. The summed E-state index contributed by atoms with van der Waals surface area (Å²) in [6.07, 6.45) is 2.86. The van der Waals surface area contributed by atoms with Gasteiger partial charge in [-0.1, -0.05) is 0 Å². The van der Waals surface area contributed by atoms with Crippen LogP contribution in [-0.4, -0.2) is 54.1 Å². The topological polar surface area (TPSA) is 35.6 Å². The average molecular weight is 211 g/mol. The van der Waals surface area contributed by atoms with Crippen molar-refractivity contribution in [2.45, 2.75) is 38.9 Å². The Bertz CT molecular complexity index is 238. The minimum atomic E-state index is 0.282. The van der Waals surface area contributed by atoms with E-state index in [2.05, 4.69) is 24.1 Å². The number of piperazine rings is 1. The molecule has 0 bridgehead atoms. The minimum absolute atomic E-state index is 0.282. The zero-order valence-corrected chi connectivity index (χ0v) is 9.70. The lowest BCUT2D eigenvalue weighted by molar-refractivity contribution is -0.140. The van der Waals surface area contributed by atoms with Crippen molar-refractivity contribution in [3.8, 4) is 0 Å². The van der Waals surface area contributed by atoms with E-state index in [0.29, 0.717) is 18.8 Å². The Hall–Kier alpha value is -0.610. The average Bonchev–Trinajstić information content (AvgIpc) is 2.69. The molecular formula is C11H21N3O. The number of nitrogens with zero attached hydrogens (tertiary/aromatic N) is 2. The van der Waals surface area contributed by atoms with Crippen molar-refractivity contribution < 1.29 is 4.79 Å². The first-order valence-electron chi connectivity index (χ1n) is 5.99. The van der Waals surface area contributed by atoms with Crippen molar-refractivity contribution in [3.05, 3.63) is 0 Å². The van der Waals surface area contributed by atoms with Crippen LogP contribution in [0.2, 0.25) is 0 Å². The molecule has 2 atom stereocenters. The molecule has 0 aromatic heterocycles. The van der Waals surface area contributed by atoms with Gasteiger partial charge in [0.15, 0.2) is 0 Å². The normalized spacial score (nSPS) is 33.7. The van der Waals surface area contributed by atoms with Gasteiger partial charge < -0.3 is 10.2 Å². The van der Waals surface area contributed by atoms with Crippen LogP contribution in [0.25, 0.3) is 0 Å². The van der Waals surface area contributed by atoms with E-state index < -0.39 is 0 Å². The van der Waals surface area contributed by atoms with Crippen LogP contribution in [0.15, 0.2) is 0 Å². The van der Waals surface area contributed by atoms with Gasteiger partial charge in [0.2, 0.25) is 5.91 Å². The summed E-state index contributed by atoms with van der Waals surface area (Å²) in [5, 5.41) is 3.46. The van der Waals surface area contributed by atoms with Gasteiger partial charge in [-0.3, -0.25) is 9.69 Å². The number of nitrogens with one attached hydrogen (secondary N) is 1. The van der Waals surface area contributed by atoms with Crippen molar-refractivity contribution in [1.29, 1.82) is 0 Å². The number of likely N-dealkylation sites (N-methyl/N-ethyl adjacent to an activating group) is 1. The molecule has 86 valence electrons. The highest BCUT2D eigenvalue weighted by molar-refractivity contribution is 5.79. The van der Waals surface area contributed by atoms with E-state index in [1.807, 2.05) is 4.90 Å². The number of carbonyl (C=O) groups is 1. The predicted octanol–water partition coefficient (Wildman–Crippen LogP) is 0.249. The van der Waals surface area contributed by atoms with E-state index in [-0.39, 0.29) is 5.91 Å². The number of hydrogen-bond acceptors (Lipinski definition) is 3. The van der Waals surface area contributed by atoms with Crippen LogP contribution < -0.4 is 5.32 Å². The van der Waals surface area contributed by atoms with Gasteiger partial charge >= 0.3 is 0 Å². The van der Waals surface area contributed by atoms with Gasteiger partial charge in [0, 0.05) is 19.1 Å². The fraction of sp³-hybridized carbons (Fsp3) is 0.909. The second kappa shape index (κ2) is 4.49. The molecule has 15 heavy (non-hydrogen) atoms. The molecule has 2 unspecified atom stereocenters. The van der Waals surface area contributed by atoms with E-state index in [9.17, 15) is 4.79 Å². The lowest BCUT2D eigenvalue weighted by atomic mass is 10.1. The first-order valence-corrected chi connectivity index (χ1v) is 5.99. The molecule has 0 saturated carbocycles. The van der Waals surface area contributed by atoms with Crippen LogP contribution in [0, 0.1) is 0 Å². The molecule has 2 aliphatic heterocycles. The van der Waals surface area contributed by atoms with Crippen LogP contribution in [0.3, 0.4) is 0 Å². The van der Waals surface area contributed by atoms with Crippen LogP contribution in [0.5, 0.6) is 0 Å². The van der Waals surface area contributed by atoms with Crippen molar-refractivity contribution in [3.63, 3.8) is 0 Å². The third-order valence-corrected chi connectivity index (χ3v) is 3.51. The SMILES string of the molecule is CCN1C(=O)CN(C2CCCN2)CC1C. The summed E-state index contributed by atoms with van der Waals surface area (Å²) < 4.78 is 0. The molecule has 2 heterocycles. The fourth-order valence-electron chi connectivity index (χ4n) is 2.72. The van der Waals surface area contributed by atoms with Crippen molar-refractivity contribution in [1.82, 2.24) is 15.1 Å². The van der Waals surface area contributed by atoms with Crippen molar-refractivity contribution in [2.75, 3.05) is 26.2 Å². The van der Waals surface area contributed by atoms with Crippen LogP contribution >= 0.6 is 0 Å². The molecular weight excluding hydrogens is 190 g/mol. The molecule has 0 aliphatic carbocycles. The maximum Gasteiger partial charge on any atom is 0.237 e. The van der Waals surface area contributed by atoms with E-state index in [1.54, 1.807) is 0 Å². The summed E-state index contributed by atoms with van der Waals surface area (Å²) in [6, 6.07) is 0.360. The summed E-state index contributed by atoms with van der Waals surface area (Å²) in [5.41, 5.74) is 0. The third kappa shape index (κ3) is 2.16. The summed E-state index contributed by atoms with van der Waals surface area (Å²) in [5.74, 6) is 0.282.